The average Bonchev–Trinajstić information content (AvgIpc) is 2.58. The Morgan fingerprint density at radius 3 is 2.43 bits per heavy atom. The van der Waals surface area contributed by atoms with E-state index in [0.717, 1.165) is 23.2 Å². The normalized spacial score (nSPS) is 12.3. The quantitative estimate of drug-likeness (QED) is 0.818. The highest BCUT2D eigenvalue weighted by Crippen LogP contribution is 2.30. The Hall–Kier alpha value is -2.61. The number of benzene rings is 1. The molecule has 0 bridgehead atoms. The third-order valence-electron chi connectivity index (χ3n) is 4.10. The number of pyridine rings is 1. The first kappa shape index (κ1) is 21.7. The van der Waals surface area contributed by atoms with Gasteiger partial charge < -0.3 is 10.2 Å². The number of hydrogen-bond donors (Lipinski definition) is 1. The van der Waals surface area contributed by atoms with Crippen LogP contribution in [0.4, 0.5) is 13.2 Å². The zero-order chi connectivity index (χ0) is 21.1. The lowest BCUT2D eigenvalue weighted by molar-refractivity contribution is -0.137. The van der Waals surface area contributed by atoms with Crippen molar-refractivity contribution in [3.05, 3.63) is 64.1 Å². The molecule has 0 saturated carbocycles. The van der Waals surface area contributed by atoms with Crippen molar-refractivity contribution in [3.8, 4) is 5.69 Å². The molecule has 28 heavy (non-hydrogen) atoms. The molecule has 0 fully saturated rings. The Labute approximate surface area is 161 Å². The standard InChI is InChI=1S/C20H24F3N3O2/c1-19(2,13-25(3)4)12-24-18(28)14-8-9-17(27)26(11-14)16-7-5-6-15(10-16)20(21,22)23/h5-11H,12-13H2,1-4H3,(H,24,28). The number of carbonyl (C=O) groups excluding carboxylic acids is 1. The molecule has 5 nitrogen and oxygen atoms in total. The average molecular weight is 395 g/mol. The van der Waals surface area contributed by atoms with Crippen molar-refractivity contribution in [1.82, 2.24) is 14.8 Å². The summed E-state index contributed by atoms with van der Waals surface area (Å²) in [7, 11) is 3.88. The van der Waals surface area contributed by atoms with E-state index in [2.05, 4.69) is 5.32 Å². The lowest BCUT2D eigenvalue weighted by Crippen LogP contribution is -2.40. The molecule has 152 valence electrons. The molecule has 1 N–H and O–H groups in total. The van der Waals surface area contributed by atoms with E-state index in [1.165, 1.54) is 30.5 Å². The Morgan fingerprint density at radius 2 is 1.82 bits per heavy atom. The van der Waals surface area contributed by atoms with Crippen molar-refractivity contribution in [2.75, 3.05) is 27.2 Å². The second-order valence-electron chi connectivity index (χ2n) is 7.76. The third kappa shape index (κ3) is 5.69. The summed E-state index contributed by atoms with van der Waals surface area (Å²) in [6, 6.07) is 6.95. The van der Waals surface area contributed by atoms with Gasteiger partial charge in [-0.05, 0) is 43.8 Å². The summed E-state index contributed by atoms with van der Waals surface area (Å²) in [5, 5.41) is 2.82. The smallest absolute Gasteiger partial charge is 0.351 e. The lowest BCUT2D eigenvalue weighted by Gasteiger charge is -2.28. The molecule has 2 aromatic rings. The summed E-state index contributed by atoms with van der Waals surface area (Å²) in [5.74, 6) is -0.396. The van der Waals surface area contributed by atoms with Gasteiger partial charge in [-0.25, -0.2) is 0 Å². The van der Waals surface area contributed by atoms with Crippen molar-refractivity contribution in [2.45, 2.75) is 20.0 Å². The van der Waals surface area contributed by atoms with Crippen LogP contribution in [-0.2, 0) is 6.18 Å². The van der Waals surface area contributed by atoms with Crippen LogP contribution in [0.3, 0.4) is 0 Å². The second kappa shape index (κ2) is 8.18. The largest absolute Gasteiger partial charge is 0.416 e. The van der Waals surface area contributed by atoms with Crippen LogP contribution >= 0.6 is 0 Å². The number of nitrogens with one attached hydrogen (secondary N) is 1. The lowest BCUT2D eigenvalue weighted by atomic mass is 9.93. The predicted octanol–water partition coefficient (Wildman–Crippen LogP) is 3.17. The van der Waals surface area contributed by atoms with Gasteiger partial charge in [0.25, 0.3) is 11.5 Å². The van der Waals surface area contributed by atoms with Gasteiger partial charge in [0.15, 0.2) is 0 Å². The molecule has 1 heterocycles. The first-order valence-electron chi connectivity index (χ1n) is 8.72. The zero-order valence-electron chi connectivity index (χ0n) is 16.3. The van der Waals surface area contributed by atoms with Crippen molar-refractivity contribution in [2.24, 2.45) is 5.41 Å². The van der Waals surface area contributed by atoms with Gasteiger partial charge in [0.1, 0.15) is 0 Å². The van der Waals surface area contributed by atoms with Crippen LogP contribution in [-0.4, -0.2) is 42.6 Å². The molecule has 0 atom stereocenters. The number of halogens is 3. The molecule has 0 aliphatic heterocycles. The van der Waals surface area contributed by atoms with Gasteiger partial charge in [-0.3, -0.25) is 14.2 Å². The summed E-state index contributed by atoms with van der Waals surface area (Å²) in [5.41, 5.74) is -1.32. The van der Waals surface area contributed by atoms with Gasteiger partial charge in [-0.15, -0.1) is 0 Å². The topological polar surface area (TPSA) is 54.3 Å². The number of amides is 1. The van der Waals surface area contributed by atoms with Crippen LogP contribution in [0.2, 0.25) is 0 Å². The molecule has 8 heteroatoms. The Kier molecular flexibility index (Phi) is 6.34. The SMILES string of the molecule is CN(C)CC(C)(C)CNC(=O)c1ccc(=O)n(-c2cccc(C(F)(F)F)c2)c1. The maximum absolute atomic E-state index is 12.9. The molecule has 1 aromatic heterocycles. The number of aromatic nitrogens is 1. The second-order valence-corrected chi connectivity index (χ2v) is 7.76. The Morgan fingerprint density at radius 1 is 1.14 bits per heavy atom. The monoisotopic (exact) mass is 395 g/mol. The van der Waals surface area contributed by atoms with Crippen molar-refractivity contribution in [3.63, 3.8) is 0 Å². The third-order valence-corrected chi connectivity index (χ3v) is 4.10. The highest BCUT2D eigenvalue weighted by molar-refractivity contribution is 5.93. The Bertz CT molecular complexity index is 902. The van der Waals surface area contributed by atoms with Gasteiger partial charge in [0.05, 0.1) is 11.1 Å². The van der Waals surface area contributed by atoms with Gasteiger partial charge in [0, 0.05) is 31.0 Å². The number of rotatable bonds is 6. The van der Waals surface area contributed by atoms with E-state index in [-0.39, 0.29) is 16.7 Å². The molecule has 0 unspecified atom stereocenters. The number of hydrogen-bond acceptors (Lipinski definition) is 3. The number of nitrogens with zero attached hydrogens (tertiary/aromatic N) is 2. The highest BCUT2D eigenvalue weighted by Gasteiger charge is 2.30. The fourth-order valence-corrected chi connectivity index (χ4v) is 2.99. The van der Waals surface area contributed by atoms with Crippen molar-refractivity contribution in [1.29, 1.82) is 0 Å². The van der Waals surface area contributed by atoms with Gasteiger partial charge in [-0.1, -0.05) is 19.9 Å². The Balaban J connectivity index is 2.26. The summed E-state index contributed by atoms with van der Waals surface area (Å²) < 4.78 is 39.9. The van der Waals surface area contributed by atoms with Crippen LogP contribution < -0.4 is 10.9 Å². The molecule has 1 amide bonds. The molecule has 2 rings (SSSR count). The minimum Gasteiger partial charge on any atom is -0.351 e. The van der Waals surface area contributed by atoms with Crippen molar-refractivity contribution < 1.29 is 18.0 Å². The predicted molar refractivity (Wildman–Crippen MR) is 102 cm³/mol. The molecular formula is C20H24F3N3O2. The summed E-state index contributed by atoms with van der Waals surface area (Å²) in [4.78, 5) is 26.6. The van der Waals surface area contributed by atoms with Crippen molar-refractivity contribution >= 4 is 5.91 Å². The fraction of sp³-hybridized carbons (Fsp3) is 0.400. The maximum Gasteiger partial charge on any atom is 0.416 e. The van der Waals surface area contributed by atoms with Crippen LogP contribution in [0.25, 0.3) is 5.69 Å². The van der Waals surface area contributed by atoms with E-state index < -0.39 is 23.2 Å². The first-order valence-corrected chi connectivity index (χ1v) is 8.72. The summed E-state index contributed by atoms with van der Waals surface area (Å²) >= 11 is 0. The first-order chi connectivity index (χ1) is 12.9. The molecule has 0 aliphatic carbocycles. The van der Waals surface area contributed by atoms with E-state index in [4.69, 9.17) is 0 Å². The molecular weight excluding hydrogens is 371 g/mol. The van der Waals surface area contributed by atoms with E-state index in [0.29, 0.717) is 6.54 Å². The molecule has 0 aliphatic rings. The highest BCUT2D eigenvalue weighted by atomic mass is 19.4. The minimum absolute atomic E-state index is 0.0439. The number of carbonyl (C=O) groups is 1. The molecule has 0 saturated heterocycles. The van der Waals surface area contributed by atoms with E-state index in [1.807, 2.05) is 32.8 Å². The van der Waals surface area contributed by atoms with Crippen LogP contribution in [0.15, 0.2) is 47.4 Å². The molecule has 0 radical (unpaired) electrons. The molecule has 1 aromatic carbocycles. The van der Waals surface area contributed by atoms with E-state index in [1.54, 1.807) is 0 Å². The fourth-order valence-electron chi connectivity index (χ4n) is 2.99. The van der Waals surface area contributed by atoms with E-state index >= 15 is 0 Å². The van der Waals surface area contributed by atoms with Gasteiger partial charge in [-0.2, -0.15) is 13.2 Å². The van der Waals surface area contributed by atoms with Gasteiger partial charge in [0.2, 0.25) is 0 Å². The number of alkyl halides is 3. The van der Waals surface area contributed by atoms with Gasteiger partial charge >= 0.3 is 6.18 Å². The van der Waals surface area contributed by atoms with Crippen LogP contribution in [0.5, 0.6) is 0 Å². The van der Waals surface area contributed by atoms with Crippen LogP contribution in [0, 0.1) is 5.41 Å². The van der Waals surface area contributed by atoms with Crippen LogP contribution in [0.1, 0.15) is 29.8 Å². The maximum atomic E-state index is 12.9. The van der Waals surface area contributed by atoms with E-state index in [9.17, 15) is 22.8 Å². The summed E-state index contributed by atoms with van der Waals surface area (Å²) in [6.07, 6.45) is -3.27. The summed E-state index contributed by atoms with van der Waals surface area (Å²) in [6.45, 7) is 5.19. The minimum atomic E-state index is -4.52. The molecule has 0 spiro atoms. The zero-order valence-corrected chi connectivity index (χ0v) is 16.3.